The predicted octanol–water partition coefficient (Wildman–Crippen LogP) is -1.72. The quantitative estimate of drug-likeness (QED) is 0.0411. The molecule has 28 heteroatoms. The third-order valence-electron chi connectivity index (χ3n) is 8.32. The van der Waals surface area contributed by atoms with E-state index in [1.807, 2.05) is 0 Å². The topological polar surface area (TPSA) is 355 Å². The number of benzene rings is 2. The molecule has 14 N–H and O–H groups in total. The summed E-state index contributed by atoms with van der Waals surface area (Å²) in [6, 6.07) is 0. The Labute approximate surface area is 441 Å². The molecule has 2 unspecified atom stereocenters. The summed E-state index contributed by atoms with van der Waals surface area (Å²) in [5.74, 6) is -4.87. The molecule has 0 aliphatic carbocycles. The summed E-state index contributed by atoms with van der Waals surface area (Å²) in [6.45, 7) is -4.12. The standard InChI is InChI=1S/C35H44I6N6O16/c1-33(60,11-50)46-31(58)19-21(36)17(29(56)42-3-5-48)23(38)27(25(19)40)62-7-15(54)44-9-35(13-52,14-53)10-45-16(55)8-63-28-24(39)18(30(57)43-4-6-49)22(37)20(26(28)41)32(59)47-34(2,61)12-51/h48-53,60-61H,3-14H2,1-2H3,(H,42,56)(H,43,57)(H,44,54)(H,45,55)(H,46,58)(H,47,59). The fraction of sp³-hybridized carbons (Fsp3) is 0.486. The molecule has 0 bridgehead atoms. The summed E-state index contributed by atoms with van der Waals surface area (Å²) in [7, 11) is 0. The number of amides is 6. The first-order chi connectivity index (χ1) is 29.4. The van der Waals surface area contributed by atoms with Crippen molar-refractivity contribution in [2.45, 2.75) is 25.3 Å². The van der Waals surface area contributed by atoms with Gasteiger partial charge in [-0.05, 0) is 149 Å². The van der Waals surface area contributed by atoms with Gasteiger partial charge >= 0.3 is 0 Å². The molecule has 6 amide bonds. The van der Waals surface area contributed by atoms with E-state index in [4.69, 9.17) is 9.47 Å². The number of aliphatic hydroxyl groups excluding tert-OH is 6. The average Bonchev–Trinajstić information content (AvgIpc) is 3.21. The van der Waals surface area contributed by atoms with Crippen molar-refractivity contribution >= 4 is 171 Å². The zero-order valence-electron chi connectivity index (χ0n) is 33.1. The first-order valence-electron chi connectivity index (χ1n) is 17.9. The summed E-state index contributed by atoms with van der Waals surface area (Å²) >= 11 is 10.6. The Bertz CT molecular complexity index is 1900. The lowest BCUT2D eigenvalue weighted by atomic mass is 9.89. The lowest BCUT2D eigenvalue weighted by Gasteiger charge is -2.30. The van der Waals surface area contributed by atoms with E-state index in [1.54, 1.807) is 136 Å². The van der Waals surface area contributed by atoms with Crippen LogP contribution in [0.2, 0.25) is 0 Å². The molecule has 0 saturated heterocycles. The fourth-order valence-electron chi connectivity index (χ4n) is 4.83. The maximum absolute atomic E-state index is 13.3. The lowest BCUT2D eigenvalue weighted by Crippen LogP contribution is -2.51. The third-order valence-corrected chi connectivity index (χ3v) is 14.6. The van der Waals surface area contributed by atoms with Gasteiger partial charge in [0.15, 0.2) is 24.7 Å². The molecule has 2 aromatic rings. The molecule has 0 saturated carbocycles. The summed E-state index contributed by atoms with van der Waals surface area (Å²) in [5, 5.41) is 93.1. The molecule has 2 aromatic carbocycles. The van der Waals surface area contributed by atoms with E-state index in [-0.39, 0.29) is 81.5 Å². The highest BCUT2D eigenvalue weighted by Gasteiger charge is 2.35. The van der Waals surface area contributed by atoms with Crippen LogP contribution in [0.15, 0.2) is 0 Å². The minimum Gasteiger partial charge on any atom is -0.481 e. The Morgan fingerprint density at radius 3 is 1.05 bits per heavy atom. The highest BCUT2D eigenvalue weighted by atomic mass is 127. The molecule has 0 aromatic heterocycles. The Morgan fingerprint density at radius 1 is 0.476 bits per heavy atom. The Balaban J connectivity index is 2.30. The number of carbonyl (C=O) groups excluding carboxylic acids is 6. The molecule has 0 heterocycles. The van der Waals surface area contributed by atoms with Gasteiger partial charge in [0, 0.05) is 33.3 Å². The SMILES string of the molecule is CC(O)(CO)NC(=O)c1c(I)c(OCC(=O)NCC(CO)(CO)CNC(=O)COc2c(I)c(C(=O)NCCO)c(I)c(C(=O)NC(C)(O)CO)c2I)c(I)c(C(=O)NCCO)c1I. The number of nitrogens with one attached hydrogen (secondary N) is 6. The summed E-state index contributed by atoms with van der Waals surface area (Å²) in [5.41, 5.74) is -5.94. The van der Waals surface area contributed by atoms with Crippen LogP contribution in [0.1, 0.15) is 55.3 Å². The minimum absolute atomic E-state index is 0.0396. The second-order valence-corrected chi connectivity index (χ2v) is 20.2. The van der Waals surface area contributed by atoms with Gasteiger partial charge in [-0.25, -0.2) is 0 Å². The van der Waals surface area contributed by atoms with E-state index in [9.17, 15) is 69.6 Å². The summed E-state index contributed by atoms with van der Waals surface area (Å²) < 4.78 is 12.5. The number of rotatable bonds is 24. The van der Waals surface area contributed by atoms with Crippen molar-refractivity contribution in [1.29, 1.82) is 0 Å². The van der Waals surface area contributed by atoms with Gasteiger partial charge in [0.05, 0.1) is 81.6 Å². The van der Waals surface area contributed by atoms with Gasteiger partial charge in [0.25, 0.3) is 35.4 Å². The smallest absolute Gasteiger partial charge is 0.257 e. The van der Waals surface area contributed by atoms with Crippen molar-refractivity contribution in [3.63, 3.8) is 0 Å². The van der Waals surface area contributed by atoms with E-state index in [2.05, 4.69) is 31.9 Å². The number of hydrogen-bond acceptors (Lipinski definition) is 16. The van der Waals surface area contributed by atoms with Crippen molar-refractivity contribution < 1.29 is 79.1 Å². The summed E-state index contributed by atoms with van der Waals surface area (Å²) in [4.78, 5) is 79.1. The number of hydrogen-bond donors (Lipinski definition) is 14. The van der Waals surface area contributed by atoms with Gasteiger partial charge in [0.1, 0.15) is 11.5 Å². The van der Waals surface area contributed by atoms with E-state index < -0.39 is 105 Å². The normalized spacial score (nSPS) is 13.2. The van der Waals surface area contributed by atoms with E-state index in [0.29, 0.717) is 0 Å². The van der Waals surface area contributed by atoms with Crippen molar-refractivity contribution in [3.05, 3.63) is 43.7 Å². The van der Waals surface area contributed by atoms with Gasteiger partial charge in [-0.1, -0.05) is 0 Å². The number of halogens is 6. The van der Waals surface area contributed by atoms with Crippen LogP contribution in [0.5, 0.6) is 11.5 Å². The first-order valence-corrected chi connectivity index (χ1v) is 24.4. The van der Waals surface area contributed by atoms with Crippen LogP contribution in [0.3, 0.4) is 0 Å². The van der Waals surface area contributed by atoms with Crippen molar-refractivity contribution in [2.75, 3.05) is 79.0 Å². The van der Waals surface area contributed by atoms with Crippen LogP contribution in [-0.2, 0) is 9.59 Å². The summed E-state index contributed by atoms with van der Waals surface area (Å²) in [6.07, 6.45) is 0. The molecule has 22 nitrogen and oxygen atoms in total. The molecule has 63 heavy (non-hydrogen) atoms. The van der Waals surface area contributed by atoms with Gasteiger partial charge in [-0.2, -0.15) is 0 Å². The largest absolute Gasteiger partial charge is 0.481 e. The Hall–Kier alpha value is -1.08. The lowest BCUT2D eigenvalue weighted by molar-refractivity contribution is -0.124. The Morgan fingerprint density at radius 2 is 0.778 bits per heavy atom. The highest BCUT2D eigenvalue weighted by molar-refractivity contribution is 14.1. The molecule has 0 radical (unpaired) electrons. The third kappa shape index (κ3) is 16.0. The van der Waals surface area contributed by atoms with E-state index in [0.717, 1.165) is 13.8 Å². The van der Waals surface area contributed by atoms with Crippen LogP contribution in [-0.4, -0.2) is 167 Å². The fourth-order valence-corrected chi connectivity index (χ4v) is 13.7. The maximum Gasteiger partial charge on any atom is 0.257 e. The van der Waals surface area contributed by atoms with Crippen molar-refractivity contribution in [3.8, 4) is 11.5 Å². The van der Waals surface area contributed by atoms with E-state index in [1.165, 1.54) is 0 Å². The molecule has 0 fully saturated rings. The number of aliphatic hydroxyl groups is 8. The van der Waals surface area contributed by atoms with Crippen LogP contribution in [0.25, 0.3) is 0 Å². The van der Waals surface area contributed by atoms with Crippen LogP contribution < -0.4 is 41.4 Å². The predicted molar refractivity (Wildman–Crippen MR) is 272 cm³/mol. The highest BCUT2D eigenvalue weighted by Crippen LogP contribution is 2.39. The number of ether oxygens (including phenoxy) is 2. The van der Waals surface area contributed by atoms with Gasteiger partial charge in [-0.15, -0.1) is 0 Å². The van der Waals surface area contributed by atoms with Crippen LogP contribution >= 0.6 is 136 Å². The first kappa shape index (κ1) is 58.0. The average molecular weight is 1570 g/mol. The monoisotopic (exact) mass is 1570 g/mol. The second-order valence-electron chi connectivity index (χ2n) is 13.7. The van der Waals surface area contributed by atoms with E-state index >= 15 is 0 Å². The zero-order chi connectivity index (χ0) is 48.0. The van der Waals surface area contributed by atoms with Gasteiger partial charge in [-0.3, -0.25) is 28.8 Å². The molecular formula is C35H44I6N6O16. The Kier molecular flexibility index (Phi) is 24.4. The molecule has 352 valence electrons. The molecule has 0 aliphatic rings. The molecule has 0 aliphatic heterocycles. The van der Waals surface area contributed by atoms with Gasteiger partial charge < -0.3 is 82.2 Å². The maximum atomic E-state index is 13.3. The van der Waals surface area contributed by atoms with Gasteiger partial charge in [0.2, 0.25) is 0 Å². The van der Waals surface area contributed by atoms with Crippen molar-refractivity contribution in [2.24, 2.45) is 5.41 Å². The zero-order valence-corrected chi connectivity index (χ0v) is 46.0. The van der Waals surface area contributed by atoms with Crippen LogP contribution in [0, 0.1) is 26.8 Å². The molecule has 0 spiro atoms. The minimum atomic E-state index is -2.04. The molecular weight excluding hydrogens is 1520 g/mol. The number of carbonyl (C=O) groups is 6. The molecule has 2 rings (SSSR count). The molecule has 2 atom stereocenters. The second kappa shape index (κ2) is 26.5. The van der Waals surface area contributed by atoms with Crippen LogP contribution in [0.4, 0.5) is 0 Å². The van der Waals surface area contributed by atoms with Crippen molar-refractivity contribution in [1.82, 2.24) is 31.9 Å².